The van der Waals surface area contributed by atoms with E-state index in [9.17, 15) is 9.59 Å². The Morgan fingerprint density at radius 1 is 1.32 bits per heavy atom. The van der Waals surface area contributed by atoms with Gasteiger partial charge in [-0.15, -0.1) is 0 Å². The first-order valence-corrected chi connectivity index (χ1v) is 8.74. The molecule has 1 aliphatic rings. The molecule has 0 spiro atoms. The number of hydrogen-bond acceptors (Lipinski definition) is 4. The van der Waals surface area contributed by atoms with Gasteiger partial charge in [-0.2, -0.15) is 0 Å². The summed E-state index contributed by atoms with van der Waals surface area (Å²) >= 11 is 0. The Hall–Kier alpha value is -2.34. The van der Waals surface area contributed by atoms with Crippen LogP contribution in [0.1, 0.15) is 44.4 Å². The van der Waals surface area contributed by atoms with Crippen LogP contribution < -0.4 is 16.0 Å². The predicted molar refractivity (Wildman–Crippen MR) is 97.0 cm³/mol. The number of carbonyl (C=O) groups excluding carboxylic acids is 2. The van der Waals surface area contributed by atoms with E-state index in [1.54, 1.807) is 6.92 Å². The Labute approximate surface area is 149 Å². The SMILES string of the molecule is CCOC(=O)C1=C(CN[C@@H](C)c2ccccc2C)NC(=O)N[C@H]1CC. The van der Waals surface area contributed by atoms with Gasteiger partial charge in [0.15, 0.2) is 0 Å². The zero-order valence-electron chi connectivity index (χ0n) is 15.3. The van der Waals surface area contributed by atoms with Gasteiger partial charge in [-0.3, -0.25) is 0 Å². The van der Waals surface area contributed by atoms with Crippen molar-refractivity contribution >= 4 is 12.0 Å². The molecule has 3 N–H and O–H groups in total. The lowest BCUT2D eigenvalue weighted by Crippen LogP contribution is -2.52. The fraction of sp³-hybridized carbons (Fsp3) is 0.474. The lowest BCUT2D eigenvalue weighted by molar-refractivity contribution is -0.139. The highest BCUT2D eigenvalue weighted by atomic mass is 16.5. The molecule has 0 fully saturated rings. The number of rotatable bonds is 7. The van der Waals surface area contributed by atoms with Gasteiger partial charge in [-0.1, -0.05) is 31.2 Å². The maximum Gasteiger partial charge on any atom is 0.337 e. The van der Waals surface area contributed by atoms with Crippen molar-refractivity contribution in [3.05, 3.63) is 46.7 Å². The maximum absolute atomic E-state index is 12.4. The fourth-order valence-corrected chi connectivity index (χ4v) is 3.04. The Morgan fingerprint density at radius 3 is 2.68 bits per heavy atom. The van der Waals surface area contributed by atoms with Crippen molar-refractivity contribution in [2.45, 2.75) is 46.2 Å². The highest BCUT2D eigenvalue weighted by Crippen LogP contribution is 2.19. The second-order valence-corrected chi connectivity index (χ2v) is 6.13. The lowest BCUT2D eigenvalue weighted by Gasteiger charge is -2.29. The van der Waals surface area contributed by atoms with Crippen molar-refractivity contribution < 1.29 is 14.3 Å². The predicted octanol–water partition coefficient (Wildman–Crippen LogP) is 2.55. The summed E-state index contributed by atoms with van der Waals surface area (Å²) in [5.74, 6) is -0.387. The number of amides is 2. The molecular weight excluding hydrogens is 318 g/mol. The maximum atomic E-state index is 12.4. The van der Waals surface area contributed by atoms with E-state index < -0.39 is 0 Å². The molecule has 25 heavy (non-hydrogen) atoms. The quantitative estimate of drug-likeness (QED) is 0.664. The molecule has 6 nitrogen and oxygen atoms in total. The number of carbonyl (C=O) groups is 2. The summed E-state index contributed by atoms with van der Waals surface area (Å²) in [6.07, 6.45) is 0.623. The number of esters is 1. The van der Waals surface area contributed by atoms with Gasteiger partial charge >= 0.3 is 12.0 Å². The third kappa shape index (κ3) is 4.60. The molecule has 0 unspecified atom stereocenters. The minimum absolute atomic E-state index is 0.0870. The molecule has 0 aliphatic carbocycles. The summed E-state index contributed by atoms with van der Waals surface area (Å²) < 4.78 is 5.17. The molecule has 0 saturated heterocycles. The molecule has 2 amide bonds. The molecule has 2 atom stereocenters. The number of hydrogen-bond donors (Lipinski definition) is 3. The summed E-state index contributed by atoms with van der Waals surface area (Å²) in [5.41, 5.74) is 3.46. The van der Waals surface area contributed by atoms with Crippen LogP contribution in [0.5, 0.6) is 0 Å². The van der Waals surface area contributed by atoms with E-state index in [1.807, 2.05) is 19.1 Å². The normalized spacial score (nSPS) is 18.4. The minimum atomic E-state index is -0.387. The molecule has 0 saturated carbocycles. The smallest absolute Gasteiger partial charge is 0.337 e. The fourth-order valence-electron chi connectivity index (χ4n) is 3.04. The van der Waals surface area contributed by atoms with E-state index >= 15 is 0 Å². The highest BCUT2D eigenvalue weighted by Gasteiger charge is 2.31. The van der Waals surface area contributed by atoms with Gasteiger partial charge < -0.3 is 20.7 Å². The van der Waals surface area contributed by atoms with Crippen LogP contribution >= 0.6 is 0 Å². The van der Waals surface area contributed by atoms with Crippen LogP contribution in [0.25, 0.3) is 0 Å². The molecule has 0 aromatic heterocycles. The zero-order chi connectivity index (χ0) is 18.4. The number of benzene rings is 1. The largest absolute Gasteiger partial charge is 0.463 e. The Morgan fingerprint density at radius 2 is 2.04 bits per heavy atom. The Bertz CT molecular complexity index is 670. The van der Waals surface area contributed by atoms with Crippen LogP contribution in [-0.4, -0.2) is 31.2 Å². The summed E-state index contributed by atoms with van der Waals surface area (Å²) in [5, 5.41) is 8.93. The standard InChI is InChI=1S/C19H27N3O3/c1-5-15-17(18(23)25-6-2)16(22-19(24)21-15)11-20-13(4)14-10-8-7-9-12(14)3/h7-10,13,15,20H,5-6,11H2,1-4H3,(H2,21,22,24)/t13-,15-/m0/s1. The second-order valence-electron chi connectivity index (χ2n) is 6.13. The summed E-state index contributed by atoms with van der Waals surface area (Å²) in [4.78, 5) is 24.3. The molecule has 0 bridgehead atoms. The number of ether oxygens (including phenoxy) is 1. The second kappa shape index (κ2) is 8.67. The van der Waals surface area contributed by atoms with Crippen molar-refractivity contribution in [1.29, 1.82) is 0 Å². The minimum Gasteiger partial charge on any atom is -0.463 e. The molecule has 136 valence electrons. The lowest BCUT2D eigenvalue weighted by atomic mass is 9.99. The monoisotopic (exact) mass is 345 g/mol. The molecule has 2 rings (SSSR count). The highest BCUT2D eigenvalue weighted by molar-refractivity contribution is 5.94. The van der Waals surface area contributed by atoms with E-state index in [0.717, 1.165) is 0 Å². The molecule has 1 heterocycles. The van der Waals surface area contributed by atoms with Crippen LogP contribution in [0.3, 0.4) is 0 Å². The average molecular weight is 345 g/mol. The average Bonchev–Trinajstić information content (AvgIpc) is 2.59. The van der Waals surface area contributed by atoms with Crippen LogP contribution in [-0.2, 0) is 9.53 Å². The third-order valence-corrected chi connectivity index (χ3v) is 4.39. The molecule has 1 aliphatic heterocycles. The Kier molecular flexibility index (Phi) is 6.58. The van der Waals surface area contributed by atoms with Crippen molar-refractivity contribution in [1.82, 2.24) is 16.0 Å². The van der Waals surface area contributed by atoms with E-state index in [1.165, 1.54) is 11.1 Å². The summed E-state index contributed by atoms with van der Waals surface area (Å²) in [7, 11) is 0. The van der Waals surface area contributed by atoms with Crippen LogP contribution in [0, 0.1) is 6.92 Å². The van der Waals surface area contributed by atoms with Gasteiger partial charge in [0.05, 0.1) is 18.2 Å². The zero-order valence-corrected chi connectivity index (χ0v) is 15.3. The van der Waals surface area contributed by atoms with E-state index in [-0.39, 0.29) is 24.1 Å². The van der Waals surface area contributed by atoms with Crippen molar-refractivity contribution in [3.63, 3.8) is 0 Å². The van der Waals surface area contributed by atoms with Gasteiger partial charge in [0, 0.05) is 18.3 Å². The number of nitrogens with one attached hydrogen (secondary N) is 3. The number of urea groups is 1. The summed E-state index contributed by atoms with van der Waals surface area (Å²) in [6, 6.07) is 7.61. The van der Waals surface area contributed by atoms with Crippen molar-refractivity contribution in [2.24, 2.45) is 0 Å². The topological polar surface area (TPSA) is 79.5 Å². The van der Waals surface area contributed by atoms with Gasteiger partial charge in [-0.25, -0.2) is 9.59 Å². The first kappa shape index (κ1) is 19.0. The van der Waals surface area contributed by atoms with Crippen LogP contribution in [0.2, 0.25) is 0 Å². The Balaban J connectivity index is 2.21. The van der Waals surface area contributed by atoms with Gasteiger partial charge in [0.1, 0.15) is 0 Å². The van der Waals surface area contributed by atoms with Gasteiger partial charge in [-0.05, 0) is 38.3 Å². The van der Waals surface area contributed by atoms with E-state index in [0.29, 0.717) is 30.8 Å². The van der Waals surface area contributed by atoms with Crippen molar-refractivity contribution in [2.75, 3.05) is 13.2 Å². The molecule has 6 heteroatoms. The van der Waals surface area contributed by atoms with Gasteiger partial charge in [0.25, 0.3) is 0 Å². The summed E-state index contributed by atoms with van der Waals surface area (Å²) in [6.45, 7) is 8.51. The van der Waals surface area contributed by atoms with E-state index in [4.69, 9.17) is 4.74 Å². The third-order valence-electron chi connectivity index (χ3n) is 4.39. The van der Waals surface area contributed by atoms with Crippen LogP contribution in [0.4, 0.5) is 4.79 Å². The van der Waals surface area contributed by atoms with E-state index in [2.05, 4.69) is 41.9 Å². The first-order valence-electron chi connectivity index (χ1n) is 8.74. The molecule has 1 aromatic rings. The van der Waals surface area contributed by atoms with Crippen molar-refractivity contribution in [3.8, 4) is 0 Å². The van der Waals surface area contributed by atoms with Crippen LogP contribution in [0.15, 0.2) is 35.5 Å². The number of aryl methyl sites for hydroxylation is 1. The molecular formula is C19H27N3O3. The molecule has 0 radical (unpaired) electrons. The first-order chi connectivity index (χ1) is 12.0. The van der Waals surface area contributed by atoms with Gasteiger partial charge in [0.2, 0.25) is 0 Å². The molecule has 1 aromatic carbocycles.